The molecule has 0 saturated heterocycles. The van der Waals surface area contributed by atoms with E-state index in [1.165, 1.54) is 0 Å². The van der Waals surface area contributed by atoms with Crippen LogP contribution in [0.25, 0.3) is 0 Å². The molecule has 2 unspecified atom stereocenters. The van der Waals surface area contributed by atoms with Crippen molar-refractivity contribution in [2.45, 2.75) is 45.7 Å². The Balaban J connectivity index is 2.76. The second kappa shape index (κ2) is 6.13. The minimum Gasteiger partial charge on any atom is -0.307 e. The van der Waals surface area contributed by atoms with Gasteiger partial charge >= 0.3 is 0 Å². The van der Waals surface area contributed by atoms with E-state index in [2.05, 4.69) is 4.99 Å². The number of Topliss-reactive ketones (excluding diaryl/α,β-unsaturated/α-hetero) is 1. The molecule has 18 heavy (non-hydrogen) atoms. The Labute approximate surface area is 105 Å². The number of halogens is 2. The fraction of sp³-hybridized carbons (Fsp3) is 0.750. The van der Waals surface area contributed by atoms with Crippen molar-refractivity contribution in [3.63, 3.8) is 0 Å². The van der Waals surface area contributed by atoms with E-state index >= 15 is 0 Å². The third kappa shape index (κ3) is 3.41. The van der Waals surface area contributed by atoms with Crippen LogP contribution in [0.3, 0.4) is 0 Å². The van der Waals surface area contributed by atoms with Crippen LogP contribution in [0.2, 0.25) is 0 Å². The van der Waals surface area contributed by atoms with Gasteiger partial charge < -0.3 is 5.41 Å². The number of rotatable bonds is 6. The minimum atomic E-state index is -1.36. The van der Waals surface area contributed by atoms with Gasteiger partial charge in [0.15, 0.2) is 5.78 Å². The van der Waals surface area contributed by atoms with Crippen molar-refractivity contribution in [1.82, 2.24) is 5.34 Å². The second-order valence-corrected chi connectivity index (χ2v) is 5.12. The summed E-state index contributed by atoms with van der Waals surface area (Å²) in [5.41, 5.74) is 0.508. The van der Waals surface area contributed by atoms with Crippen LogP contribution in [0, 0.1) is 17.2 Å². The normalized spacial score (nSPS) is 25.4. The molecule has 1 N–H and O–H groups in total. The van der Waals surface area contributed by atoms with E-state index in [0.29, 0.717) is 12.1 Å². The fourth-order valence-electron chi connectivity index (χ4n) is 2.22. The molecule has 6 heteroatoms. The van der Waals surface area contributed by atoms with Gasteiger partial charge in [0, 0.05) is 23.9 Å². The van der Waals surface area contributed by atoms with Gasteiger partial charge in [0.2, 0.25) is 0 Å². The molecule has 1 aliphatic heterocycles. The summed E-state index contributed by atoms with van der Waals surface area (Å²) in [6.07, 6.45) is 1.52. The summed E-state index contributed by atoms with van der Waals surface area (Å²) < 4.78 is 25.6. The van der Waals surface area contributed by atoms with E-state index < -0.39 is 23.1 Å². The lowest BCUT2D eigenvalue weighted by Crippen LogP contribution is -2.39. The van der Waals surface area contributed by atoms with Gasteiger partial charge in [0.05, 0.1) is 11.8 Å². The molecule has 1 rings (SSSR count). The Kier molecular flexibility index (Phi) is 5.07. The van der Waals surface area contributed by atoms with Crippen LogP contribution in [0.15, 0.2) is 4.99 Å². The summed E-state index contributed by atoms with van der Waals surface area (Å²) in [7, 11) is 0. The molecule has 3 atom stereocenters. The highest BCUT2D eigenvalue weighted by atomic mass is 19.4. The van der Waals surface area contributed by atoms with Gasteiger partial charge in [-0.05, 0) is 19.3 Å². The summed E-state index contributed by atoms with van der Waals surface area (Å²) >= 11 is 0. The lowest BCUT2D eigenvalue weighted by atomic mass is 9.87. The van der Waals surface area contributed by atoms with Crippen LogP contribution in [0.4, 0.5) is 8.96 Å². The first-order valence-corrected chi connectivity index (χ1v) is 6.08. The monoisotopic (exact) mass is 259 g/mol. The predicted molar refractivity (Wildman–Crippen MR) is 66.1 cm³/mol. The highest BCUT2D eigenvalue weighted by Gasteiger charge is 2.38. The molecule has 0 aliphatic carbocycles. The second-order valence-electron chi connectivity index (χ2n) is 5.12. The van der Waals surface area contributed by atoms with E-state index in [1.807, 2.05) is 0 Å². The number of hydrogen-bond acceptors (Lipinski definition) is 4. The number of hydrogen-bond donors (Lipinski definition) is 1. The summed E-state index contributed by atoms with van der Waals surface area (Å²) in [5.74, 6) is -0.978. The van der Waals surface area contributed by atoms with Crippen molar-refractivity contribution in [2.24, 2.45) is 16.8 Å². The van der Waals surface area contributed by atoms with Gasteiger partial charge in [-0.2, -0.15) is 0 Å². The van der Waals surface area contributed by atoms with Crippen molar-refractivity contribution in [3.05, 3.63) is 0 Å². The average molecular weight is 259 g/mol. The Morgan fingerprint density at radius 2 is 2.22 bits per heavy atom. The molecule has 0 saturated carbocycles. The van der Waals surface area contributed by atoms with Crippen LogP contribution >= 0.6 is 0 Å². The van der Waals surface area contributed by atoms with Crippen molar-refractivity contribution in [3.8, 4) is 0 Å². The van der Waals surface area contributed by atoms with Crippen LogP contribution in [-0.4, -0.2) is 35.1 Å². The van der Waals surface area contributed by atoms with E-state index in [4.69, 9.17) is 5.41 Å². The van der Waals surface area contributed by atoms with E-state index in [1.54, 1.807) is 20.8 Å². The zero-order valence-electron chi connectivity index (χ0n) is 10.9. The number of carbonyl (C=O) groups excluding carboxylic acids is 1. The lowest BCUT2D eigenvalue weighted by molar-refractivity contribution is -0.195. The van der Waals surface area contributed by atoms with E-state index in [0.717, 1.165) is 6.21 Å². The smallest absolute Gasteiger partial charge is 0.161 e. The number of nitrogens with zero attached hydrogens (tertiary/aromatic N) is 2. The quantitative estimate of drug-likeness (QED) is 0.588. The molecule has 4 nitrogen and oxygen atoms in total. The molecule has 0 spiro atoms. The van der Waals surface area contributed by atoms with E-state index in [9.17, 15) is 13.8 Å². The predicted octanol–water partition coefficient (Wildman–Crippen LogP) is 2.54. The van der Waals surface area contributed by atoms with Crippen LogP contribution in [-0.2, 0) is 4.79 Å². The summed E-state index contributed by atoms with van der Waals surface area (Å²) in [6, 6.07) is -1.68. The van der Waals surface area contributed by atoms with E-state index in [-0.39, 0.29) is 18.4 Å². The van der Waals surface area contributed by atoms with Crippen molar-refractivity contribution in [1.29, 1.82) is 5.41 Å². The average Bonchev–Trinajstić information content (AvgIpc) is 2.66. The van der Waals surface area contributed by atoms with Gasteiger partial charge in [-0.25, -0.2) is 0 Å². The molecular formula is C12H19F2N3O. The van der Waals surface area contributed by atoms with Crippen molar-refractivity contribution in [2.75, 3.05) is 0 Å². The molecular weight excluding hydrogens is 240 g/mol. The first-order chi connectivity index (χ1) is 8.36. The lowest BCUT2D eigenvalue weighted by Gasteiger charge is -2.22. The molecule has 0 aromatic carbocycles. The first kappa shape index (κ1) is 14.9. The Morgan fingerprint density at radius 1 is 1.61 bits per heavy atom. The Morgan fingerprint density at radius 3 is 2.61 bits per heavy atom. The number of aliphatic imine (C=N–C) groups is 1. The van der Waals surface area contributed by atoms with Crippen LogP contribution in [0.5, 0.6) is 0 Å². The van der Waals surface area contributed by atoms with Gasteiger partial charge in [-0.3, -0.25) is 9.79 Å². The Hall–Kier alpha value is -1.17. The zero-order valence-corrected chi connectivity index (χ0v) is 10.9. The molecule has 0 fully saturated rings. The highest BCUT2D eigenvalue weighted by Crippen LogP contribution is 2.26. The molecule has 102 valence electrons. The molecule has 0 aromatic heterocycles. The maximum atomic E-state index is 12.8. The maximum Gasteiger partial charge on any atom is 0.161 e. The van der Waals surface area contributed by atoms with Gasteiger partial charge in [-0.1, -0.05) is 13.8 Å². The third-order valence-electron chi connectivity index (χ3n) is 3.17. The zero-order chi connectivity index (χ0) is 13.9. The molecule has 0 bridgehead atoms. The SMILES string of the molecule is CC(C)C[C@@H](C(=O)C1CC(C=N)=NC1C)N(F)F. The molecule has 0 radical (unpaired) electrons. The molecule has 1 heterocycles. The van der Waals surface area contributed by atoms with Gasteiger partial charge in [0.25, 0.3) is 0 Å². The van der Waals surface area contributed by atoms with Crippen molar-refractivity contribution >= 4 is 17.7 Å². The van der Waals surface area contributed by atoms with Gasteiger partial charge in [-0.15, -0.1) is 8.96 Å². The largest absolute Gasteiger partial charge is 0.307 e. The highest BCUT2D eigenvalue weighted by molar-refractivity contribution is 6.30. The summed E-state index contributed by atoms with van der Waals surface area (Å²) in [6.45, 7) is 5.34. The first-order valence-electron chi connectivity index (χ1n) is 6.08. The minimum absolute atomic E-state index is 0.0211. The Bertz CT molecular complexity index is 355. The molecule has 0 amide bonds. The van der Waals surface area contributed by atoms with Crippen LogP contribution < -0.4 is 0 Å². The molecule has 1 aliphatic rings. The topological polar surface area (TPSA) is 56.5 Å². The molecule has 0 aromatic rings. The summed E-state index contributed by atoms with van der Waals surface area (Å²) in [5, 5.41) is 6.11. The standard InChI is InChI=1S/C12H19F2N3O/c1-7(2)4-11(17(13)14)12(18)10-5-9(6-15)16-8(10)3/h6-8,10-11,15H,4-5H2,1-3H3/t8?,10?,11-/m0/s1. The fourth-order valence-corrected chi connectivity index (χ4v) is 2.22. The maximum absolute atomic E-state index is 12.8. The van der Waals surface area contributed by atoms with Crippen LogP contribution in [0.1, 0.15) is 33.6 Å². The number of nitrogens with one attached hydrogen (secondary N) is 1. The summed E-state index contributed by atoms with van der Waals surface area (Å²) in [4.78, 5) is 16.2. The van der Waals surface area contributed by atoms with Gasteiger partial charge in [0.1, 0.15) is 6.04 Å². The number of ketones is 1. The third-order valence-corrected chi connectivity index (χ3v) is 3.17. The number of carbonyl (C=O) groups is 1. The van der Waals surface area contributed by atoms with Crippen molar-refractivity contribution < 1.29 is 13.8 Å².